The van der Waals surface area contributed by atoms with Crippen molar-refractivity contribution in [3.8, 4) is 0 Å². The Morgan fingerprint density at radius 1 is 1.20 bits per heavy atom. The van der Waals surface area contributed by atoms with Gasteiger partial charge < -0.3 is 10.1 Å². The fourth-order valence-electron chi connectivity index (χ4n) is 3.25. The van der Waals surface area contributed by atoms with E-state index in [0.29, 0.717) is 39.9 Å². The number of fused-ring (bicyclic) bond motifs is 1. The molecule has 1 atom stereocenters. The number of hydrogen-bond donors (Lipinski definition) is 2. The molecule has 1 aliphatic heterocycles. The fraction of sp³-hybridized carbons (Fsp3) is 0.429. The first-order valence-electron chi connectivity index (χ1n) is 9.89. The van der Waals surface area contributed by atoms with Crippen LogP contribution in [0.4, 0.5) is 5.13 Å². The predicted molar refractivity (Wildman–Crippen MR) is 116 cm³/mol. The third kappa shape index (κ3) is 4.08. The van der Waals surface area contributed by atoms with Crippen LogP contribution >= 0.6 is 11.3 Å². The van der Waals surface area contributed by atoms with Crippen molar-refractivity contribution in [2.24, 2.45) is 0 Å². The smallest absolute Gasteiger partial charge is 0.273 e. The molecule has 158 valence electrons. The van der Waals surface area contributed by atoms with Crippen LogP contribution in [0.2, 0.25) is 0 Å². The van der Waals surface area contributed by atoms with Crippen LogP contribution in [0.5, 0.6) is 0 Å². The summed E-state index contributed by atoms with van der Waals surface area (Å²) in [5.41, 5.74) is 2.16. The van der Waals surface area contributed by atoms with E-state index in [4.69, 9.17) is 4.74 Å². The molecule has 2 aromatic heterocycles. The largest absolute Gasteiger partial charge is 0.379 e. The average Bonchev–Trinajstić information content (AvgIpc) is 3.38. The van der Waals surface area contributed by atoms with Crippen LogP contribution in [0.1, 0.15) is 53.6 Å². The van der Waals surface area contributed by atoms with Gasteiger partial charge in [0.05, 0.1) is 18.2 Å². The number of nitrogens with one attached hydrogen (secondary N) is 2. The van der Waals surface area contributed by atoms with Crippen LogP contribution in [0.25, 0.3) is 10.3 Å². The maximum absolute atomic E-state index is 12.9. The number of ether oxygens (including phenoxy) is 1. The molecule has 1 aromatic carbocycles. The topological polar surface area (TPSA) is 98.1 Å². The van der Waals surface area contributed by atoms with Gasteiger partial charge in [-0.2, -0.15) is 10.1 Å². The second kappa shape index (κ2) is 7.81. The van der Waals surface area contributed by atoms with E-state index >= 15 is 0 Å². The molecule has 2 N–H and O–H groups in total. The third-order valence-electron chi connectivity index (χ3n) is 4.87. The summed E-state index contributed by atoms with van der Waals surface area (Å²) in [6, 6.07) is 7.32. The molecule has 0 bridgehead atoms. The number of carbonyl (C=O) groups is 2. The SMILES string of the molecule is Cc1ccc(C(=O)Nc2nc3c(s2)c(C(=O)NC2CCOC2)nn3C(C)(C)C)cc1. The minimum atomic E-state index is -0.375. The van der Waals surface area contributed by atoms with Crippen LogP contribution in [0, 0.1) is 6.92 Å². The fourth-order valence-corrected chi connectivity index (χ4v) is 4.17. The Bertz CT molecular complexity index is 1090. The second-order valence-corrected chi connectivity index (χ2v) is 9.46. The van der Waals surface area contributed by atoms with Crippen molar-refractivity contribution in [3.63, 3.8) is 0 Å². The minimum Gasteiger partial charge on any atom is -0.379 e. The molecule has 0 aliphatic carbocycles. The number of nitrogens with zero attached hydrogens (tertiary/aromatic N) is 3. The van der Waals surface area contributed by atoms with E-state index in [2.05, 4.69) is 20.7 Å². The summed E-state index contributed by atoms with van der Waals surface area (Å²) in [7, 11) is 0. The second-order valence-electron chi connectivity index (χ2n) is 8.46. The average molecular weight is 428 g/mol. The number of amides is 2. The lowest BCUT2D eigenvalue weighted by Crippen LogP contribution is -2.35. The lowest BCUT2D eigenvalue weighted by atomic mass is 10.1. The van der Waals surface area contributed by atoms with Crippen LogP contribution in [-0.2, 0) is 10.3 Å². The van der Waals surface area contributed by atoms with Crippen molar-refractivity contribution in [3.05, 3.63) is 41.1 Å². The van der Waals surface area contributed by atoms with E-state index in [1.165, 1.54) is 11.3 Å². The normalized spacial score (nSPS) is 16.7. The maximum Gasteiger partial charge on any atom is 0.273 e. The summed E-state index contributed by atoms with van der Waals surface area (Å²) in [6.07, 6.45) is 0.787. The monoisotopic (exact) mass is 427 g/mol. The van der Waals surface area contributed by atoms with Crippen LogP contribution < -0.4 is 10.6 Å². The Balaban J connectivity index is 1.65. The van der Waals surface area contributed by atoms with Crippen LogP contribution in [-0.4, -0.2) is 45.8 Å². The summed E-state index contributed by atoms with van der Waals surface area (Å²) < 4.78 is 7.73. The highest BCUT2D eigenvalue weighted by molar-refractivity contribution is 7.22. The summed E-state index contributed by atoms with van der Waals surface area (Å²) >= 11 is 1.25. The number of hydrogen-bond acceptors (Lipinski definition) is 6. The van der Waals surface area contributed by atoms with Crippen LogP contribution in [0.3, 0.4) is 0 Å². The molecular weight excluding hydrogens is 402 g/mol. The van der Waals surface area contributed by atoms with Gasteiger partial charge in [0.15, 0.2) is 16.5 Å². The maximum atomic E-state index is 12.9. The Morgan fingerprint density at radius 2 is 1.93 bits per heavy atom. The molecule has 1 fully saturated rings. The van der Waals surface area contributed by atoms with Crippen molar-refractivity contribution in [1.82, 2.24) is 20.1 Å². The summed E-state index contributed by atoms with van der Waals surface area (Å²) in [6.45, 7) is 9.11. The zero-order valence-electron chi connectivity index (χ0n) is 17.5. The van der Waals surface area contributed by atoms with E-state index in [-0.39, 0.29) is 23.4 Å². The Hall–Kier alpha value is -2.78. The highest BCUT2D eigenvalue weighted by Crippen LogP contribution is 2.32. The van der Waals surface area contributed by atoms with Crippen molar-refractivity contribution in [2.45, 2.75) is 45.7 Å². The van der Waals surface area contributed by atoms with Gasteiger partial charge in [-0.25, -0.2) is 4.68 Å². The molecule has 0 spiro atoms. The molecule has 1 aliphatic rings. The number of rotatable bonds is 4. The van der Waals surface area contributed by atoms with E-state index in [0.717, 1.165) is 12.0 Å². The number of aromatic nitrogens is 3. The van der Waals surface area contributed by atoms with Gasteiger partial charge >= 0.3 is 0 Å². The Kier molecular flexibility index (Phi) is 5.33. The minimum absolute atomic E-state index is 0.0130. The molecule has 30 heavy (non-hydrogen) atoms. The van der Waals surface area contributed by atoms with E-state index < -0.39 is 0 Å². The van der Waals surface area contributed by atoms with Crippen molar-refractivity contribution in [2.75, 3.05) is 18.5 Å². The summed E-state index contributed by atoms with van der Waals surface area (Å²) in [4.78, 5) is 30.1. The van der Waals surface area contributed by atoms with Gasteiger partial charge in [-0.1, -0.05) is 29.0 Å². The van der Waals surface area contributed by atoms with Gasteiger partial charge in [0, 0.05) is 12.2 Å². The molecule has 1 unspecified atom stereocenters. The zero-order valence-corrected chi connectivity index (χ0v) is 18.3. The molecule has 3 heterocycles. The lowest BCUT2D eigenvalue weighted by molar-refractivity contribution is 0.0924. The van der Waals surface area contributed by atoms with Crippen LogP contribution in [0.15, 0.2) is 24.3 Å². The number of benzene rings is 1. The van der Waals surface area contributed by atoms with Gasteiger partial charge in [0.25, 0.3) is 11.8 Å². The summed E-state index contributed by atoms with van der Waals surface area (Å²) in [5, 5.41) is 10.8. The van der Waals surface area contributed by atoms with Crippen molar-refractivity contribution < 1.29 is 14.3 Å². The lowest BCUT2D eigenvalue weighted by Gasteiger charge is -2.19. The Morgan fingerprint density at radius 3 is 2.57 bits per heavy atom. The third-order valence-corrected chi connectivity index (χ3v) is 5.84. The van der Waals surface area contributed by atoms with E-state index in [9.17, 15) is 9.59 Å². The number of anilines is 1. The molecular formula is C21H25N5O3S. The zero-order chi connectivity index (χ0) is 21.5. The molecule has 3 aromatic rings. The molecule has 2 amide bonds. The van der Waals surface area contributed by atoms with E-state index in [1.807, 2.05) is 39.8 Å². The molecule has 9 heteroatoms. The molecule has 1 saturated heterocycles. The first-order chi connectivity index (χ1) is 14.2. The first-order valence-corrected chi connectivity index (χ1v) is 10.7. The number of thiazole rings is 1. The first kappa shape index (κ1) is 20.5. The molecule has 8 nitrogen and oxygen atoms in total. The summed E-state index contributed by atoms with van der Waals surface area (Å²) in [5.74, 6) is -0.491. The standard InChI is InChI=1S/C21H25N5O3S/c1-12-5-7-13(8-6-12)18(27)24-20-23-17-16(30-20)15(25-26(17)21(2,3)4)19(28)22-14-9-10-29-11-14/h5-8,14H,9-11H2,1-4H3,(H,22,28)(H,23,24,27). The predicted octanol–water partition coefficient (Wildman–Crippen LogP) is 3.33. The molecule has 4 rings (SSSR count). The van der Waals surface area contributed by atoms with Gasteiger partial charge in [-0.3, -0.25) is 14.9 Å². The van der Waals surface area contributed by atoms with Gasteiger partial charge in [0.2, 0.25) is 0 Å². The van der Waals surface area contributed by atoms with Gasteiger partial charge in [0.1, 0.15) is 4.70 Å². The quantitative estimate of drug-likeness (QED) is 0.666. The van der Waals surface area contributed by atoms with Gasteiger partial charge in [-0.15, -0.1) is 0 Å². The van der Waals surface area contributed by atoms with Gasteiger partial charge in [-0.05, 0) is 46.2 Å². The number of aryl methyl sites for hydroxylation is 1. The van der Waals surface area contributed by atoms with E-state index in [1.54, 1.807) is 16.8 Å². The molecule has 0 saturated carbocycles. The van der Waals surface area contributed by atoms with Crippen molar-refractivity contribution >= 4 is 38.6 Å². The highest BCUT2D eigenvalue weighted by Gasteiger charge is 2.29. The number of carbonyl (C=O) groups excluding carboxylic acids is 2. The van der Waals surface area contributed by atoms with Crippen molar-refractivity contribution in [1.29, 1.82) is 0 Å². The molecule has 0 radical (unpaired) electrons. The Labute approximate surface area is 178 Å². The highest BCUT2D eigenvalue weighted by atomic mass is 32.1.